The van der Waals surface area contributed by atoms with Crippen molar-refractivity contribution < 1.29 is 17.6 Å². The van der Waals surface area contributed by atoms with Gasteiger partial charge in [-0.25, -0.2) is 12.8 Å². The van der Waals surface area contributed by atoms with Crippen LogP contribution in [0.1, 0.15) is 11.1 Å². The van der Waals surface area contributed by atoms with Crippen molar-refractivity contribution >= 4 is 62.5 Å². The largest absolute Gasteiger partial charge is 0.320 e. The predicted octanol–water partition coefficient (Wildman–Crippen LogP) is 6.19. The number of hydrogen-bond acceptors (Lipinski definition) is 4. The number of fused-ring (bicyclic) bond motifs is 1. The molecule has 3 aromatic rings. The minimum absolute atomic E-state index is 0.0898. The standard InChI is InChI=1S/C22H14Cl2FNO3S2/c23-17-2-1-3-18(24)16(17)12-31(28,29)15-8-9-19-20(11-15)30-21(22(27)26-19)10-13-4-6-14(25)7-5-13/h1-11H,12H2,(H,26,27). The summed E-state index contributed by atoms with van der Waals surface area (Å²) in [5.74, 6) is -1.04. The van der Waals surface area contributed by atoms with Crippen LogP contribution < -0.4 is 5.32 Å². The molecule has 0 spiro atoms. The molecule has 0 radical (unpaired) electrons. The lowest BCUT2D eigenvalue weighted by atomic mass is 10.2. The molecule has 1 aliphatic rings. The summed E-state index contributed by atoms with van der Waals surface area (Å²) in [5, 5.41) is 3.30. The van der Waals surface area contributed by atoms with E-state index in [1.807, 2.05) is 0 Å². The zero-order valence-electron chi connectivity index (χ0n) is 15.7. The van der Waals surface area contributed by atoms with E-state index in [9.17, 15) is 17.6 Å². The second kappa shape index (κ2) is 8.67. The Morgan fingerprint density at radius 3 is 2.35 bits per heavy atom. The van der Waals surface area contributed by atoms with Crippen molar-refractivity contribution in [1.82, 2.24) is 0 Å². The van der Waals surface area contributed by atoms with Crippen LogP contribution in [0, 0.1) is 5.82 Å². The second-order valence-electron chi connectivity index (χ2n) is 6.73. The third-order valence-corrected chi connectivity index (χ3v) is 8.00. The lowest BCUT2D eigenvalue weighted by Gasteiger charge is -2.19. The number of rotatable bonds is 4. The molecule has 158 valence electrons. The number of sulfone groups is 1. The van der Waals surface area contributed by atoms with Crippen LogP contribution in [0.3, 0.4) is 0 Å². The minimum atomic E-state index is -3.74. The van der Waals surface area contributed by atoms with Gasteiger partial charge in [0.2, 0.25) is 0 Å². The second-order valence-corrected chi connectivity index (χ2v) is 10.6. The van der Waals surface area contributed by atoms with Gasteiger partial charge in [-0.05, 0) is 54.1 Å². The van der Waals surface area contributed by atoms with Gasteiger partial charge in [0.15, 0.2) is 9.84 Å². The van der Waals surface area contributed by atoms with Gasteiger partial charge in [0.25, 0.3) is 5.91 Å². The molecule has 0 aliphatic carbocycles. The molecule has 0 unspecified atom stereocenters. The highest BCUT2D eigenvalue weighted by molar-refractivity contribution is 8.04. The predicted molar refractivity (Wildman–Crippen MR) is 123 cm³/mol. The molecular weight excluding hydrogens is 480 g/mol. The number of hydrogen-bond donors (Lipinski definition) is 1. The van der Waals surface area contributed by atoms with E-state index in [1.54, 1.807) is 42.5 Å². The summed E-state index contributed by atoms with van der Waals surface area (Å²) >= 11 is 13.4. The SMILES string of the molecule is O=C1Nc2ccc(S(=O)(=O)Cc3c(Cl)cccc3Cl)cc2SC1=Cc1ccc(F)cc1. The normalized spacial score (nSPS) is 14.9. The van der Waals surface area contributed by atoms with Gasteiger partial charge in [-0.3, -0.25) is 4.79 Å². The van der Waals surface area contributed by atoms with Crippen molar-refractivity contribution in [1.29, 1.82) is 0 Å². The van der Waals surface area contributed by atoms with Crippen molar-refractivity contribution in [3.8, 4) is 0 Å². The van der Waals surface area contributed by atoms with Gasteiger partial charge in [0.05, 0.1) is 21.2 Å². The van der Waals surface area contributed by atoms with Crippen LogP contribution in [-0.2, 0) is 20.4 Å². The van der Waals surface area contributed by atoms with Crippen LogP contribution in [0.4, 0.5) is 10.1 Å². The van der Waals surface area contributed by atoms with Gasteiger partial charge >= 0.3 is 0 Å². The number of thioether (sulfide) groups is 1. The fourth-order valence-electron chi connectivity index (χ4n) is 2.98. The first-order chi connectivity index (χ1) is 14.7. The third kappa shape index (κ3) is 4.80. The molecule has 1 amide bonds. The van der Waals surface area contributed by atoms with Crippen molar-refractivity contribution in [3.63, 3.8) is 0 Å². The first kappa shape index (κ1) is 21.9. The lowest BCUT2D eigenvalue weighted by molar-refractivity contribution is -0.112. The smallest absolute Gasteiger partial charge is 0.262 e. The van der Waals surface area contributed by atoms with Crippen LogP contribution in [0.2, 0.25) is 10.0 Å². The molecule has 4 nitrogen and oxygen atoms in total. The van der Waals surface area contributed by atoms with E-state index in [0.29, 0.717) is 26.6 Å². The molecule has 0 aromatic heterocycles. The van der Waals surface area contributed by atoms with E-state index >= 15 is 0 Å². The maximum absolute atomic E-state index is 13.1. The Morgan fingerprint density at radius 1 is 1.00 bits per heavy atom. The summed E-state index contributed by atoms with van der Waals surface area (Å²) in [4.78, 5) is 13.4. The minimum Gasteiger partial charge on any atom is -0.320 e. The molecule has 9 heteroatoms. The highest BCUT2D eigenvalue weighted by Gasteiger charge is 2.25. The number of carbonyl (C=O) groups is 1. The fourth-order valence-corrected chi connectivity index (χ4v) is 6.17. The zero-order chi connectivity index (χ0) is 22.2. The van der Waals surface area contributed by atoms with Crippen molar-refractivity contribution in [2.75, 3.05) is 5.32 Å². The highest BCUT2D eigenvalue weighted by Crippen LogP contribution is 2.40. The zero-order valence-corrected chi connectivity index (χ0v) is 18.9. The van der Waals surface area contributed by atoms with Crippen molar-refractivity contribution in [2.45, 2.75) is 15.5 Å². The average Bonchev–Trinajstić information content (AvgIpc) is 2.73. The maximum Gasteiger partial charge on any atom is 0.262 e. The van der Waals surface area contributed by atoms with Crippen LogP contribution >= 0.6 is 35.0 Å². The first-order valence-electron chi connectivity index (χ1n) is 8.99. The molecule has 1 heterocycles. The molecule has 0 bridgehead atoms. The lowest BCUT2D eigenvalue weighted by Crippen LogP contribution is -2.17. The van der Waals surface area contributed by atoms with Gasteiger partial charge in [-0.1, -0.05) is 53.2 Å². The van der Waals surface area contributed by atoms with Gasteiger partial charge in [0, 0.05) is 20.5 Å². The number of amides is 1. The summed E-state index contributed by atoms with van der Waals surface area (Å²) in [6, 6.07) is 15.0. The number of nitrogens with one attached hydrogen (secondary N) is 1. The number of carbonyl (C=O) groups excluding carboxylic acids is 1. The quantitative estimate of drug-likeness (QED) is 0.440. The Bertz CT molecular complexity index is 1300. The molecule has 0 saturated carbocycles. The van der Waals surface area contributed by atoms with E-state index in [4.69, 9.17) is 23.2 Å². The summed E-state index contributed by atoms with van der Waals surface area (Å²) in [7, 11) is -3.74. The monoisotopic (exact) mass is 493 g/mol. The molecule has 1 aliphatic heterocycles. The summed E-state index contributed by atoms with van der Waals surface area (Å²) in [5.41, 5.74) is 1.50. The van der Waals surface area contributed by atoms with E-state index in [1.165, 1.54) is 24.3 Å². The van der Waals surface area contributed by atoms with E-state index in [-0.39, 0.29) is 32.4 Å². The molecule has 3 aromatic carbocycles. The highest BCUT2D eigenvalue weighted by atomic mass is 35.5. The number of benzene rings is 3. The third-order valence-electron chi connectivity index (χ3n) is 4.57. The van der Waals surface area contributed by atoms with Crippen LogP contribution in [0.15, 0.2) is 75.4 Å². The molecule has 0 saturated heterocycles. The summed E-state index contributed by atoms with van der Waals surface area (Å²) < 4.78 is 39.1. The van der Waals surface area contributed by atoms with E-state index in [2.05, 4.69) is 5.32 Å². The number of anilines is 1. The molecular formula is C22H14Cl2FNO3S2. The Kier molecular flexibility index (Phi) is 6.12. The van der Waals surface area contributed by atoms with Crippen LogP contribution in [-0.4, -0.2) is 14.3 Å². The van der Waals surface area contributed by atoms with Gasteiger partial charge in [0.1, 0.15) is 5.82 Å². The number of halogens is 3. The van der Waals surface area contributed by atoms with Gasteiger partial charge in [-0.2, -0.15) is 0 Å². The molecule has 0 fully saturated rings. The summed E-state index contributed by atoms with van der Waals surface area (Å²) in [6.45, 7) is 0. The van der Waals surface area contributed by atoms with E-state index in [0.717, 1.165) is 11.8 Å². The Hall–Kier alpha value is -2.32. The molecule has 4 rings (SSSR count). The van der Waals surface area contributed by atoms with Crippen molar-refractivity contribution in [2.24, 2.45) is 0 Å². The average molecular weight is 494 g/mol. The Balaban J connectivity index is 1.65. The topological polar surface area (TPSA) is 63.2 Å². The fraction of sp³-hybridized carbons (Fsp3) is 0.0455. The van der Waals surface area contributed by atoms with E-state index < -0.39 is 9.84 Å². The summed E-state index contributed by atoms with van der Waals surface area (Å²) in [6.07, 6.45) is 1.62. The van der Waals surface area contributed by atoms with Crippen LogP contribution in [0.5, 0.6) is 0 Å². The molecule has 1 N–H and O–H groups in total. The van der Waals surface area contributed by atoms with Crippen molar-refractivity contribution in [3.05, 3.63) is 92.6 Å². The Morgan fingerprint density at radius 2 is 1.68 bits per heavy atom. The first-order valence-corrected chi connectivity index (χ1v) is 12.2. The molecule has 31 heavy (non-hydrogen) atoms. The van der Waals surface area contributed by atoms with Crippen LogP contribution in [0.25, 0.3) is 6.08 Å². The molecule has 0 atom stereocenters. The van der Waals surface area contributed by atoms with Gasteiger partial charge in [-0.15, -0.1) is 0 Å². The Labute approximate surface area is 193 Å². The van der Waals surface area contributed by atoms with Gasteiger partial charge < -0.3 is 5.32 Å². The maximum atomic E-state index is 13.1.